The molecule has 2 aromatic rings. The second-order valence-corrected chi connectivity index (χ2v) is 8.75. The number of piperidine rings is 1. The molecular weight excluding hydrogens is 378 g/mol. The number of benzene rings is 1. The second kappa shape index (κ2) is 8.29. The van der Waals surface area contributed by atoms with Crippen molar-refractivity contribution in [3.63, 3.8) is 0 Å². The van der Waals surface area contributed by atoms with Gasteiger partial charge in [-0.1, -0.05) is 31.4 Å². The third-order valence-corrected chi connectivity index (χ3v) is 6.48. The van der Waals surface area contributed by atoms with Crippen molar-refractivity contribution in [2.24, 2.45) is 5.92 Å². The zero-order valence-electron chi connectivity index (χ0n) is 16.3. The minimum atomic E-state index is -0.357. The largest absolute Gasteiger partial charge is 0.420 e. The number of oxazole rings is 1. The molecule has 1 saturated heterocycles. The average molecular weight is 406 g/mol. The molecule has 1 aromatic carbocycles. The summed E-state index contributed by atoms with van der Waals surface area (Å²) in [5.41, 5.74) is 1.28. The normalized spacial score (nSPS) is 26.4. The molecule has 28 heavy (non-hydrogen) atoms. The number of fused-ring (bicyclic) bond motifs is 1. The molecule has 1 aliphatic heterocycles. The summed E-state index contributed by atoms with van der Waals surface area (Å²) >= 11 is 6.12. The molecule has 1 aromatic heterocycles. The summed E-state index contributed by atoms with van der Waals surface area (Å²) < 4.78 is 7.09. The van der Waals surface area contributed by atoms with Gasteiger partial charge in [-0.05, 0) is 56.3 Å². The van der Waals surface area contributed by atoms with Crippen LogP contribution >= 0.6 is 11.6 Å². The van der Waals surface area contributed by atoms with Gasteiger partial charge in [-0.15, -0.1) is 0 Å². The van der Waals surface area contributed by atoms with E-state index < -0.39 is 0 Å². The van der Waals surface area contributed by atoms with Crippen molar-refractivity contribution in [1.82, 2.24) is 14.8 Å². The van der Waals surface area contributed by atoms with E-state index in [4.69, 9.17) is 16.0 Å². The van der Waals surface area contributed by atoms with Crippen LogP contribution in [0.2, 0.25) is 5.02 Å². The van der Waals surface area contributed by atoms with Crippen LogP contribution in [0.3, 0.4) is 0 Å². The SMILES string of the molecule is C[C@@H]1CCCC[C@@H]1NC(=O)CN1CCC[C@@H](n2c(=O)oc3ccc(Cl)cc32)C1. The molecule has 2 heterocycles. The molecule has 0 spiro atoms. The van der Waals surface area contributed by atoms with Gasteiger partial charge in [0.1, 0.15) is 0 Å². The Kier molecular flexibility index (Phi) is 5.78. The Morgan fingerprint density at radius 2 is 2.07 bits per heavy atom. The predicted molar refractivity (Wildman–Crippen MR) is 110 cm³/mol. The van der Waals surface area contributed by atoms with Gasteiger partial charge in [-0.25, -0.2) is 4.79 Å². The quantitative estimate of drug-likeness (QED) is 0.844. The van der Waals surface area contributed by atoms with E-state index in [1.807, 2.05) is 0 Å². The van der Waals surface area contributed by atoms with Crippen LogP contribution in [-0.2, 0) is 4.79 Å². The van der Waals surface area contributed by atoms with Crippen molar-refractivity contribution < 1.29 is 9.21 Å². The van der Waals surface area contributed by atoms with Gasteiger partial charge in [-0.2, -0.15) is 0 Å². The smallest absolute Gasteiger partial charge is 0.408 e. The summed E-state index contributed by atoms with van der Waals surface area (Å²) in [4.78, 5) is 27.2. The van der Waals surface area contributed by atoms with Gasteiger partial charge < -0.3 is 9.73 Å². The molecule has 0 radical (unpaired) electrons. The average Bonchev–Trinajstić information content (AvgIpc) is 2.99. The minimum absolute atomic E-state index is 0.0117. The molecule has 1 saturated carbocycles. The lowest BCUT2D eigenvalue weighted by Gasteiger charge is -2.34. The van der Waals surface area contributed by atoms with E-state index in [2.05, 4.69) is 17.1 Å². The number of carbonyl (C=O) groups is 1. The number of halogens is 1. The predicted octanol–water partition coefficient (Wildman–Crippen LogP) is 3.58. The first-order chi connectivity index (χ1) is 13.5. The number of nitrogens with zero attached hydrogens (tertiary/aromatic N) is 2. The van der Waals surface area contributed by atoms with E-state index in [9.17, 15) is 9.59 Å². The van der Waals surface area contributed by atoms with Crippen LogP contribution in [0, 0.1) is 5.92 Å². The number of amides is 1. The number of nitrogens with one attached hydrogen (secondary N) is 1. The fraction of sp³-hybridized carbons (Fsp3) is 0.619. The zero-order valence-corrected chi connectivity index (χ0v) is 17.1. The van der Waals surface area contributed by atoms with Gasteiger partial charge in [0, 0.05) is 17.6 Å². The fourth-order valence-corrected chi connectivity index (χ4v) is 4.89. The first-order valence-electron chi connectivity index (χ1n) is 10.3. The summed E-state index contributed by atoms with van der Waals surface area (Å²) in [6, 6.07) is 5.51. The monoisotopic (exact) mass is 405 g/mol. The lowest BCUT2D eigenvalue weighted by Crippen LogP contribution is -2.48. The van der Waals surface area contributed by atoms with E-state index in [-0.39, 0.29) is 17.7 Å². The molecule has 1 amide bonds. The number of aromatic nitrogens is 1. The highest BCUT2D eigenvalue weighted by Gasteiger charge is 2.28. The third kappa shape index (κ3) is 4.13. The number of carbonyl (C=O) groups excluding carboxylic acids is 1. The lowest BCUT2D eigenvalue weighted by molar-refractivity contribution is -0.123. The van der Waals surface area contributed by atoms with Crippen LogP contribution < -0.4 is 11.1 Å². The van der Waals surface area contributed by atoms with Crippen LogP contribution in [0.5, 0.6) is 0 Å². The van der Waals surface area contributed by atoms with Gasteiger partial charge in [0.25, 0.3) is 0 Å². The summed E-state index contributed by atoms with van der Waals surface area (Å²) in [7, 11) is 0. The lowest BCUT2D eigenvalue weighted by atomic mass is 9.86. The molecule has 2 fully saturated rings. The van der Waals surface area contributed by atoms with Crippen LogP contribution in [0.25, 0.3) is 11.1 Å². The first kappa shape index (κ1) is 19.5. The maximum Gasteiger partial charge on any atom is 0.420 e. The summed E-state index contributed by atoms with van der Waals surface area (Å²) in [5, 5.41) is 3.81. The Balaban J connectivity index is 1.43. The van der Waals surface area contributed by atoms with Crippen molar-refractivity contribution in [1.29, 1.82) is 0 Å². The fourth-order valence-electron chi connectivity index (χ4n) is 4.72. The maximum atomic E-state index is 12.6. The molecule has 1 aliphatic carbocycles. The highest BCUT2D eigenvalue weighted by atomic mass is 35.5. The topological polar surface area (TPSA) is 67.5 Å². The van der Waals surface area contributed by atoms with Crippen molar-refractivity contribution in [3.05, 3.63) is 33.8 Å². The Labute approximate surface area is 169 Å². The second-order valence-electron chi connectivity index (χ2n) is 8.32. The van der Waals surface area contributed by atoms with Crippen LogP contribution in [-0.4, -0.2) is 41.1 Å². The number of likely N-dealkylation sites (tertiary alicyclic amines) is 1. The summed E-state index contributed by atoms with van der Waals surface area (Å²) in [5.74, 6) is 0.281. The highest BCUT2D eigenvalue weighted by molar-refractivity contribution is 6.31. The zero-order chi connectivity index (χ0) is 19.7. The van der Waals surface area contributed by atoms with Gasteiger partial charge >= 0.3 is 5.76 Å². The standard InChI is InChI=1S/C21H28ClN3O3/c1-14-5-2-3-7-17(14)23-20(26)13-24-10-4-6-16(12-24)25-18-11-15(22)8-9-19(18)28-21(25)27/h8-9,11,14,16-17H,2-7,10,12-13H2,1H3,(H,23,26)/t14-,16-,17+/m1/s1. The van der Waals surface area contributed by atoms with Crippen LogP contribution in [0.15, 0.2) is 27.4 Å². The molecule has 6 nitrogen and oxygen atoms in total. The van der Waals surface area contributed by atoms with Gasteiger partial charge in [-0.3, -0.25) is 14.3 Å². The van der Waals surface area contributed by atoms with Gasteiger partial charge in [0.15, 0.2) is 5.58 Å². The van der Waals surface area contributed by atoms with E-state index in [1.165, 1.54) is 19.3 Å². The molecule has 7 heteroatoms. The molecule has 4 rings (SSSR count). The molecule has 3 atom stereocenters. The molecule has 2 aliphatic rings. The van der Waals surface area contributed by atoms with Crippen molar-refractivity contribution in [2.45, 2.75) is 57.5 Å². The molecular formula is C21H28ClN3O3. The van der Waals surface area contributed by atoms with Crippen molar-refractivity contribution in [3.8, 4) is 0 Å². The Hall–Kier alpha value is -1.79. The number of hydrogen-bond donors (Lipinski definition) is 1. The maximum absolute atomic E-state index is 12.6. The number of hydrogen-bond acceptors (Lipinski definition) is 4. The Morgan fingerprint density at radius 3 is 2.89 bits per heavy atom. The van der Waals surface area contributed by atoms with Crippen molar-refractivity contribution >= 4 is 28.6 Å². The number of rotatable bonds is 4. The van der Waals surface area contributed by atoms with Crippen LogP contribution in [0.4, 0.5) is 0 Å². The van der Waals surface area contributed by atoms with Gasteiger partial charge in [0.2, 0.25) is 5.91 Å². The van der Waals surface area contributed by atoms with E-state index in [0.717, 1.165) is 31.3 Å². The van der Waals surface area contributed by atoms with Crippen LogP contribution in [0.1, 0.15) is 51.5 Å². The third-order valence-electron chi connectivity index (χ3n) is 6.25. The van der Waals surface area contributed by atoms with E-state index in [1.54, 1.807) is 22.8 Å². The van der Waals surface area contributed by atoms with E-state index >= 15 is 0 Å². The minimum Gasteiger partial charge on any atom is -0.408 e. The highest BCUT2D eigenvalue weighted by Crippen LogP contribution is 2.27. The summed E-state index contributed by atoms with van der Waals surface area (Å²) in [6.07, 6.45) is 6.55. The molecule has 1 N–H and O–H groups in total. The van der Waals surface area contributed by atoms with E-state index in [0.29, 0.717) is 35.7 Å². The van der Waals surface area contributed by atoms with Crippen molar-refractivity contribution in [2.75, 3.05) is 19.6 Å². The summed E-state index contributed by atoms with van der Waals surface area (Å²) in [6.45, 7) is 4.14. The van der Waals surface area contributed by atoms with Gasteiger partial charge in [0.05, 0.1) is 18.1 Å². The Morgan fingerprint density at radius 1 is 1.25 bits per heavy atom. The molecule has 0 bridgehead atoms. The molecule has 152 valence electrons. The molecule has 0 unspecified atom stereocenters. The first-order valence-corrected chi connectivity index (χ1v) is 10.7. The Bertz CT molecular complexity index is 906.